The summed E-state index contributed by atoms with van der Waals surface area (Å²) in [4.78, 5) is 13.2. The van der Waals surface area contributed by atoms with Crippen LogP contribution in [0.5, 0.6) is 0 Å². The van der Waals surface area contributed by atoms with E-state index in [9.17, 15) is 0 Å². The van der Waals surface area contributed by atoms with Crippen LogP contribution in [0.25, 0.3) is 5.57 Å². The number of hydrogen-bond acceptors (Lipinski definition) is 4. The third kappa shape index (κ3) is 3.76. The van der Waals surface area contributed by atoms with Gasteiger partial charge in [-0.15, -0.1) is 0 Å². The Bertz CT molecular complexity index is 485. The summed E-state index contributed by atoms with van der Waals surface area (Å²) in [6.45, 7) is 5.02. The van der Waals surface area contributed by atoms with Gasteiger partial charge in [-0.3, -0.25) is 4.84 Å². The molecule has 0 aliphatic carbocycles. The van der Waals surface area contributed by atoms with E-state index in [1.54, 1.807) is 12.4 Å². The molecule has 18 heavy (non-hydrogen) atoms. The Morgan fingerprint density at radius 3 is 2.61 bits per heavy atom. The number of nitrogens with one attached hydrogen (secondary N) is 1. The van der Waals surface area contributed by atoms with Gasteiger partial charge in [0.05, 0.1) is 6.61 Å². The lowest BCUT2D eigenvalue weighted by Gasteiger charge is -2.07. The molecule has 0 atom stereocenters. The first-order valence-corrected chi connectivity index (χ1v) is 5.68. The number of benzene rings is 1. The molecule has 1 heterocycles. The summed E-state index contributed by atoms with van der Waals surface area (Å²) in [6.07, 6.45) is 4.96. The molecule has 0 saturated carbocycles. The summed E-state index contributed by atoms with van der Waals surface area (Å²) in [5, 5.41) is 0. The van der Waals surface area contributed by atoms with Crippen molar-refractivity contribution in [2.75, 3.05) is 6.54 Å². The summed E-state index contributed by atoms with van der Waals surface area (Å²) < 4.78 is 0. The van der Waals surface area contributed by atoms with Crippen molar-refractivity contribution in [2.24, 2.45) is 0 Å². The average Bonchev–Trinajstić information content (AvgIpc) is 2.45. The smallest absolute Gasteiger partial charge is 0.115 e. The van der Waals surface area contributed by atoms with Gasteiger partial charge in [-0.05, 0) is 11.1 Å². The van der Waals surface area contributed by atoms with Crippen molar-refractivity contribution in [1.29, 1.82) is 0 Å². The predicted molar refractivity (Wildman–Crippen MR) is 70.3 cm³/mol. The highest BCUT2D eigenvalue weighted by Gasteiger charge is 1.99. The fraction of sp³-hybridized carbons (Fsp3) is 0.143. The van der Waals surface area contributed by atoms with E-state index in [1.807, 2.05) is 30.3 Å². The van der Waals surface area contributed by atoms with Gasteiger partial charge in [0.15, 0.2) is 0 Å². The molecule has 0 radical (unpaired) electrons. The summed E-state index contributed by atoms with van der Waals surface area (Å²) >= 11 is 0. The number of aromatic nitrogens is 2. The van der Waals surface area contributed by atoms with Gasteiger partial charge in [0.1, 0.15) is 6.33 Å². The molecule has 1 aromatic carbocycles. The second-order valence-corrected chi connectivity index (χ2v) is 3.83. The fourth-order valence-corrected chi connectivity index (χ4v) is 1.43. The van der Waals surface area contributed by atoms with E-state index < -0.39 is 0 Å². The molecule has 92 valence electrons. The Kier molecular flexibility index (Phi) is 4.58. The molecule has 0 saturated heterocycles. The lowest BCUT2D eigenvalue weighted by Crippen LogP contribution is -2.16. The molecule has 0 bridgehead atoms. The minimum absolute atomic E-state index is 0.527. The summed E-state index contributed by atoms with van der Waals surface area (Å²) in [5.74, 6) is 0. The van der Waals surface area contributed by atoms with Crippen molar-refractivity contribution >= 4 is 5.57 Å². The molecule has 1 aromatic heterocycles. The van der Waals surface area contributed by atoms with Gasteiger partial charge in [0.2, 0.25) is 0 Å². The zero-order valence-corrected chi connectivity index (χ0v) is 10.0. The number of rotatable bonds is 6. The molecule has 2 rings (SSSR count). The van der Waals surface area contributed by atoms with Crippen molar-refractivity contribution in [1.82, 2.24) is 15.4 Å². The summed E-state index contributed by atoms with van der Waals surface area (Å²) in [7, 11) is 0. The van der Waals surface area contributed by atoms with E-state index in [4.69, 9.17) is 4.84 Å². The maximum Gasteiger partial charge on any atom is 0.115 e. The van der Waals surface area contributed by atoms with Crippen molar-refractivity contribution in [3.05, 3.63) is 66.8 Å². The first-order chi connectivity index (χ1) is 8.86. The molecule has 0 spiro atoms. The fourth-order valence-electron chi connectivity index (χ4n) is 1.43. The third-order valence-electron chi connectivity index (χ3n) is 2.44. The predicted octanol–water partition coefficient (Wildman–Crippen LogP) is 2.21. The number of hydroxylamine groups is 1. The maximum absolute atomic E-state index is 5.36. The first kappa shape index (κ1) is 12.4. The minimum Gasteiger partial charge on any atom is -0.297 e. The summed E-state index contributed by atoms with van der Waals surface area (Å²) in [5.41, 5.74) is 5.80. The molecule has 0 unspecified atom stereocenters. The van der Waals surface area contributed by atoms with E-state index in [-0.39, 0.29) is 0 Å². The monoisotopic (exact) mass is 241 g/mol. The Balaban J connectivity index is 1.72. The maximum atomic E-state index is 5.36. The highest BCUT2D eigenvalue weighted by molar-refractivity contribution is 5.62. The van der Waals surface area contributed by atoms with Gasteiger partial charge in [-0.1, -0.05) is 36.9 Å². The Hall–Kier alpha value is -2.04. The topological polar surface area (TPSA) is 47.0 Å². The minimum atomic E-state index is 0.527. The van der Waals surface area contributed by atoms with Crippen LogP contribution < -0.4 is 5.48 Å². The van der Waals surface area contributed by atoms with Crippen LogP contribution >= 0.6 is 0 Å². The first-order valence-electron chi connectivity index (χ1n) is 5.68. The molecule has 0 amide bonds. The molecule has 2 aromatic rings. The largest absolute Gasteiger partial charge is 0.297 e. The van der Waals surface area contributed by atoms with Crippen molar-refractivity contribution in [3.8, 4) is 0 Å². The van der Waals surface area contributed by atoms with E-state index >= 15 is 0 Å². The van der Waals surface area contributed by atoms with Crippen molar-refractivity contribution in [2.45, 2.75) is 6.61 Å². The van der Waals surface area contributed by atoms with Crippen LogP contribution in [-0.4, -0.2) is 16.5 Å². The second kappa shape index (κ2) is 6.64. The van der Waals surface area contributed by atoms with Gasteiger partial charge in [-0.2, -0.15) is 5.48 Å². The Labute approximate surface area is 106 Å². The Morgan fingerprint density at radius 2 is 1.89 bits per heavy atom. The van der Waals surface area contributed by atoms with E-state index in [0.29, 0.717) is 13.2 Å². The van der Waals surface area contributed by atoms with Crippen LogP contribution in [0.3, 0.4) is 0 Å². The van der Waals surface area contributed by atoms with Gasteiger partial charge >= 0.3 is 0 Å². The van der Waals surface area contributed by atoms with Gasteiger partial charge in [0, 0.05) is 24.5 Å². The average molecular weight is 241 g/mol. The highest BCUT2D eigenvalue weighted by Crippen LogP contribution is 2.07. The van der Waals surface area contributed by atoms with Gasteiger partial charge < -0.3 is 0 Å². The molecule has 0 fully saturated rings. The lowest BCUT2D eigenvalue weighted by molar-refractivity contribution is 0.0365. The van der Waals surface area contributed by atoms with Crippen LogP contribution in [0.1, 0.15) is 11.1 Å². The van der Waals surface area contributed by atoms with E-state index in [0.717, 1.165) is 16.7 Å². The molecular formula is C14H15N3O. The van der Waals surface area contributed by atoms with Gasteiger partial charge in [-0.25, -0.2) is 9.97 Å². The highest BCUT2D eigenvalue weighted by atomic mass is 16.6. The number of hydrogen-bond donors (Lipinski definition) is 1. The number of nitrogens with zero attached hydrogens (tertiary/aromatic N) is 2. The van der Waals surface area contributed by atoms with Crippen molar-refractivity contribution < 1.29 is 4.84 Å². The van der Waals surface area contributed by atoms with Crippen LogP contribution in [-0.2, 0) is 11.4 Å². The molecule has 0 aliphatic rings. The van der Waals surface area contributed by atoms with Crippen LogP contribution in [0, 0.1) is 0 Å². The zero-order chi connectivity index (χ0) is 12.6. The van der Waals surface area contributed by atoms with E-state index in [2.05, 4.69) is 22.0 Å². The van der Waals surface area contributed by atoms with Crippen molar-refractivity contribution in [3.63, 3.8) is 0 Å². The normalized spacial score (nSPS) is 10.2. The molecule has 4 nitrogen and oxygen atoms in total. The third-order valence-corrected chi connectivity index (χ3v) is 2.44. The summed E-state index contributed by atoms with van der Waals surface area (Å²) in [6, 6.07) is 9.98. The second-order valence-electron chi connectivity index (χ2n) is 3.83. The molecular weight excluding hydrogens is 226 g/mol. The molecule has 1 N–H and O–H groups in total. The van der Waals surface area contributed by atoms with Crippen LogP contribution in [0.2, 0.25) is 0 Å². The van der Waals surface area contributed by atoms with E-state index in [1.165, 1.54) is 6.33 Å². The van der Waals surface area contributed by atoms with Crippen LogP contribution in [0.4, 0.5) is 0 Å². The Morgan fingerprint density at radius 1 is 1.17 bits per heavy atom. The molecule has 4 heteroatoms. The van der Waals surface area contributed by atoms with Crippen LogP contribution in [0.15, 0.2) is 55.6 Å². The SMILES string of the molecule is C=C(CNOCc1ccccc1)c1cncnc1. The van der Waals surface area contributed by atoms with Gasteiger partial charge in [0.25, 0.3) is 0 Å². The lowest BCUT2D eigenvalue weighted by atomic mass is 10.2. The standard InChI is InChI=1S/C14H15N3O/c1-12(14-8-15-11-16-9-14)7-17-18-10-13-5-3-2-4-6-13/h2-6,8-9,11,17H,1,7,10H2. The quantitative estimate of drug-likeness (QED) is 0.622. The molecule has 0 aliphatic heterocycles. The zero-order valence-electron chi connectivity index (χ0n) is 10.0.